The zero-order valence-corrected chi connectivity index (χ0v) is 11.2. The lowest BCUT2D eigenvalue weighted by Gasteiger charge is -2.29. The number of nitriles is 1. The topological polar surface area (TPSA) is 44.1 Å². The zero-order valence-electron chi connectivity index (χ0n) is 11.2. The maximum atomic E-state index is 12.5. The molecule has 0 radical (unpaired) electrons. The first-order valence-corrected chi connectivity index (χ1v) is 6.08. The lowest BCUT2D eigenvalue weighted by atomic mass is 9.98. The highest BCUT2D eigenvalue weighted by atomic mass is 19.4. The van der Waals surface area contributed by atoms with Crippen LogP contribution in [0.2, 0.25) is 0 Å². The smallest absolute Gasteiger partial charge is 0.330 e. The Morgan fingerprint density at radius 1 is 1.30 bits per heavy atom. The number of amides is 1. The molecule has 1 aromatic rings. The Labute approximate surface area is 115 Å². The number of rotatable bonds is 4. The molecule has 0 bridgehead atoms. The molecule has 0 fully saturated rings. The van der Waals surface area contributed by atoms with Crippen LogP contribution in [0.5, 0.6) is 0 Å². The van der Waals surface area contributed by atoms with Crippen molar-refractivity contribution < 1.29 is 18.0 Å². The lowest BCUT2D eigenvalue weighted by Crippen LogP contribution is -2.45. The number of carbonyl (C=O) groups is 1. The highest BCUT2D eigenvalue weighted by Gasteiger charge is 2.37. The van der Waals surface area contributed by atoms with Crippen LogP contribution in [0, 0.1) is 11.3 Å². The predicted molar refractivity (Wildman–Crippen MR) is 67.7 cm³/mol. The molecule has 0 N–H and O–H groups in total. The van der Waals surface area contributed by atoms with Crippen molar-refractivity contribution in [3.63, 3.8) is 0 Å². The molecule has 0 aliphatic carbocycles. The summed E-state index contributed by atoms with van der Waals surface area (Å²) in [5, 5.41) is 9.10. The van der Waals surface area contributed by atoms with Gasteiger partial charge >= 0.3 is 6.18 Å². The van der Waals surface area contributed by atoms with E-state index >= 15 is 0 Å². The van der Waals surface area contributed by atoms with Crippen LogP contribution >= 0.6 is 0 Å². The number of benzene rings is 1. The van der Waals surface area contributed by atoms with Gasteiger partial charge in [-0.25, -0.2) is 0 Å². The average molecular weight is 284 g/mol. The molecule has 108 valence electrons. The van der Waals surface area contributed by atoms with Crippen molar-refractivity contribution in [2.45, 2.75) is 32.0 Å². The number of carbonyl (C=O) groups excluding carboxylic acids is 1. The Hall–Kier alpha value is -2.03. The van der Waals surface area contributed by atoms with Crippen molar-refractivity contribution in [3.05, 3.63) is 35.9 Å². The normalized spacial score (nSPS) is 12.8. The summed E-state index contributed by atoms with van der Waals surface area (Å²) in [6.45, 7) is 1.63. The Morgan fingerprint density at radius 2 is 1.85 bits per heavy atom. The van der Waals surface area contributed by atoms with Crippen molar-refractivity contribution in [2.24, 2.45) is 0 Å². The first-order chi connectivity index (χ1) is 9.26. The van der Waals surface area contributed by atoms with Crippen LogP contribution in [-0.2, 0) is 4.79 Å². The van der Waals surface area contributed by atoms with Crippen LogP contribution < -0.4 is 0 Å². The summed E-state index contributed by atoms with van der Waals surface area (Å²) < 4.78 is 37.6. The molecule has 20 heavy (non-hydrogen) atoms. The van der Waals surface area contributed by atoms with E-state index in [4.69, 9.17) is 5.26 Å². The molecule has 0 spiro atoms. The van der Waals surface area contributed by atoms with Gasteiger partial charge in [-0.05, 0) is 19.4 Å². The van der Waals surface area contributed by atoms with Crippen molar-refractivity contribution >= 4 is 5.91 Å². The van der Waals surface area contributed by atoms with Gasteiger partial charge in [-0.15, -0.1) is 0 Å². The molecule has 3 nitrogen and oxygen atoms in total. The van der Waals surface area contributed by atoms with Gasteiger partial charge in [-0.2, -0.15) is 18.4 Å². The maximum absolute atomic E-state index is 12.5. The molecule has 1 unspecified atom stereocenters. The molecule has 0 heterocycles. The minimum absolute atomic E-state index is 0.396. The number of alkyl halides is 3. The highest BCUT2D eigenvalue weighted by Crippen LogP contribution is 2.23. The van der Waals surface area contributed by atoms with Crippen LogP contribution in [0.1, 0.15) is 25.3 Å². The third-order valence-corrected chi connectivity index (χ3v) is 2.77. The van der Waals surface area contributed by atoms with E-state index in [1.165, 1.54) is 13.8 Å². The van der Waals surface area contributed by atoms with Crippen molar-refractivity contribution in [1.82, 2.24) is 4.90 Å². The van der Waals surface area contributed by atoms with Gasteiger partial charge < -0.3 is 4.90 Å². The van der Waals surface area contributed by atoms with Gasteiger partial charge in [-0.1, -0.05) is 30.3 Å². The number of hydrogen-bond acceptors (Lipinski definition) is 2. The molecule has 0 aliphatic heterocycles. The molecular formula is C14H15F3N2O. The Balaban J connectivity index is 3.02. The van der Waals surface area contributed by atoms with Crippen LogP contribution in [-0.4, -0.2) is 29.6 Å². The van der Waals surface area contributed by atoms with E-state index < -0.39 is 30.6 Å². The van der Waals surface area contributed by atoms with E-state index in [0.717, 1.165) is 0 Å². The first kappa shape index (κ1) is 16.0. The van der Waals surface area contributed by atoms with Crippen molar-refractivity contribution in [3.8, 4) is 6.07 Å². The van der Waals surface area contributed by atoms with Gasteiger partial charge in [0.1, 0.15) is 12.5 Å². The molecule has 6 heteroatoms. The number of nitrogens with zero attached hydrogens (tertiary/aromatic N) is 2. The van der Waals surface area contributed by atoms with Crippen molar-refractivity contribution in [2.75, 3.05) is 6.54 Å². The van der Waals surface area contributed by atoms with E-state index in [0.29, 0.717) is 10.5 Å². The van der Waals surface area contributed by atoms with Gasteiger partial charge in [0, 0.05) is 6.04 Å². The van der Waals surface area contributed by atoms with Gasteiger partial charge in [-0.3, -0.25) is 4.79 Å². The summed E-state index contributed by atoms with van der Waals surface area (Å²) in [5.41, 5.74) is 0.396. The second-order valence-corrected chi connectivity index (χ2v) is 4.65. The monoisotopic (exact) mass is 284 g/mol. The number of halogens is 3. The summed E-state index contributed by atoms with van der Waals surface area (Å²) >= 11 is 0. The lowest BCUT2D eigenvalue weighted by molar-refractivity contribution is -0.164. The van der Waals surface area contributed by atoms with Gasteiger partial charge in [0.25, 0.3) is 0 Å². The number of hydrogen-bond donors (Lipinski definition) is 0. The average Bonchev–Trinajstić information content (AvgIpc) is 2.36. The molecule has 1 atom stereocenters. The summed E-state index contributed by atoms with van der Waals surface area (Å²) in [7, 11) is 0. The fourth-order valence-electron chi connectivity index (χ4n) is 1.79. The Bertz CT molecular complexity index is 491. The second-order valence-electron chi connectivity index (χ2n) is 4.65. The largest absolute Gasteiger partial charge is 0.406 e. The fraction of sp³-hybridized carbons (Fsp3) is 0.429. The standard InChI is InChI=1S/C14H15F3N2O/c1-10(2)19(9-14(15,16)17)13(20)12(8-18)11-6-4-3-5-7-11/h3-7,10,12H,9H2,1-2H3. The molecule has 1 amide bonds. The minimum atomic E-state index is -4.49. The Kier molecular flexibility index (Phi) is 5.14. The third kappa shape index (κ3) is 4.26. The van der Waals surface area contributed by atoms with E-state index in [1.807, 2.05) is 0 Å². The molecule has 1 aromatic carbocycles. The molecule has 0 aromatic heterocycles. The zero-order chi connectivity index (χ0) is 15.3. The van der Waals surface area contributed by atoms with Crippen LogP contribution in [0.3, 0.4) is 0 Å². The predicted octanol–water partition coefficient (Wildman–Crippen LogP) is 3.09. The third-order valence-electron chi connectivity index (χ3n) is 2.77. The molecule has 0 saturated carbocycles. The summed E-state index contributed by atoms with van der Waals surface area (Å²) in [6, 6.07) is 9.23. The van der Waals surface area contributed by atoms with E-state index in [2.05, 4.69) is 0 Å². The summed E-state index contributed by atoms with van der Waals surface area (Å²) in [4.78, 5) is 12.9. The van der Waals surface area contributed by atoms with Crippen LogP contribution in [0.15, 0.2) is 30.3 Å². The summed E-state index contributed by atoms with van der Waals surface area (Å²) in [5.74, 6) is -2.05. The second kappa shape index (κ2) is 6.42. The Morgan fingerprint density at radius 3 is 2.25 bits per heavy atom. The van der Waals surface area contributed by atoms with Crippen LogP contribution in [0.4, 0.5) is 13.2 Å². The molecule has 0 aliphatic rings. The minimum Gasteiger partial charge on any atom is -0.330 e. The fourth-order valence-corrected chi connectivity index (χ4v) is 1.79. The molecular weight excluding hydrogens is 269 g/mol. The maximum Gasteiger partial charge on any atom is 0.406 e. The molecule has 1 rings (SSSR count). The molecule has 0 saturated heterocycles. The SMILES string of the molecule is CC(C)N(CC(F)(F)F)C(=O)C(C#N)c1ccccc1. The van der Waals surface area contributed by atoms with Gasteiger partial charge in [0.2, 0.25) is 5.91 Å². The van der Waals surface area contributed by atoms with E-state index in [-0.39, 0.29) is 0 Å². The van der Waals surface area contributed by atoms with Gasteiger partial charge in [0.05, 0.1) is 6.07 Å². The highest BCUT2D eigenvalue weighted by molar-refractivity contribution is 5.86. The van der Waals surface area contributed by atoms with Gasteiger partial charge in [0.15, 0.2) is 0 Å². The van der Waals surface area contributed by atoms with E-state index in [9.17, 15) is 18.0 Å². The van der Waals surface area contributed by atoms with Crippen molar-refractivity contribution in [1.29, 1.82) is 5.26 Å². The summed E-state index contributed by atoms with van der Waals surface area (Å²) in [6.07, 6.45) is -4.49. The quantitative estimate of drug-likeness (QED) is 0.852. The van der Waals surface area contributed by atoms with Crippen LogP contribution in [0.25, 0.3) is 0 Å². The van der Waals surface area contributed by atoms with E-state index in [1.54, 1.807) is 36.4 Å². The first-order valence-electron chi connectivity index (χ1n) is 6.08.